The number of carbonyl (C=O) groups is 1. The van der Waals surface area contributed by atoms with Gasteiger partial charge in [-0.3, -0.25) is 4.79 Å². The number of rotatable bonds is 2. The Kier molecular flexibility index (Phi) is 3.47. The number of aldehydes is 1. The third kappa shape index (κ3) is 3.05. The van der Waals surface area contributed by atoms with Gasteiger partial charge < -0.3 is 0 Å². The number of hydrogen-bond donors (Lipinski definition) is 0. The SMILES string of the molecule is Cc1cc(-c2ccc(C(C)(C)C)cc2)nc(C=O)n1. The summed E-state index contributed by atoms with van der Waals surface area (Å²) >= 11 is 0. The van der Waals surface area contributed by atoms with Gasteiger partial charge in [-0.15, -0.1) is 0 Å². The summed E-state index contributed by atoms with van der Waals surface area (Å²) in [4.78, 5) is 19.1. The average Bonchev–Trinajstić information content (AvgIpc) is 2.37. The Bertz CT molecular complexity index is 595. The predicted octanol–water partition coefficient (Wildman–Crippen LogP) is 3.56. The molecule has 0 amide bonds. The first-order valence-corrected chi connectivity index (χ1v) is 6.32. The van der Waals surface area contributed by atoms with Crippen molar-refractivity contribution < 1.29 is 4.79 Å². The van der Waals surface area contributed by atoms with Crippen LogP contribution in [-0.4, -0.2) is 16.3 Å². The van der Waals surface area contributed by atoms with Gasteiger partial charge in [-0.2, -0.15) is 0 Å². The molecule has 2 rings (SSSR count). The van der Waals surface area contributed by atoms with Crippen LogP contribution >= 0.6 is 0 Å². The van der Waals surface area contributed by atoms with E-state index in [9.17, 15) is 4.79 Å². The summed E-state index contributed by atoms with van der Waals surface area (Å²) in [7, 11) is 0. The van der Waals surface area contributed by atoms with Gasteiger partial charge in [-0.05, 0) is 24.0 Å². The average molecular weight is 254 g/mol. The predicted molar refractivity (Wildman–Crippen MR) is 76.3 cm³/mol. The van der Waals surface area contributed by atoms with E-state index in [1.54, 1.807) is 0 Å². The number of aromatic nitrogens is 2. The first-order valence-electron chi connectivity index (χ1n) is 6.32. The molecule has 1 aromatic heterocycles. The van der Waals surface area contributed by atoms with Crippen LogP contribution in [0.1, 0.15) is 42.6 Å². The van der Waals surface area contributed by atoms with Gasteiger partial charge in [0.05, 0.1) is 5.69 Å². The van der Waals surface area contributed by atoms with Gasteiger partial charge in [0.1, 0.15) is 0 Å². The van der Waals surface area contributed by atoms with Gasteiger partial charge in [0.25, 0.3) is 0 Å². The first kappa shape index (κ1) is 13.4. The molecular formula is C16H18N2O. The molecule has 0 atom stereocenters. The van der Waals surface area contributed by atoms with Gasteiger partial charge in [-0.25, -0.2) is 9.97 Å². The van der Waals surface area contributed by atoms with E-state index in [0.717, 1.165) is 17.0 Å². The molecule has 0 saturated carbocycles. The van der Waals surface area contributed by atoms with Crippen LogP contribution in [-0.2, 0) is 5.41 Å². The molecule has 0 radical (unpaired) electrons. The Morgan fingerprint density at radius 2 is 1.68 bits per heavy atom. The van der Waals surface area contributed by atoms with Crippen LogP contribution in [0.4, 0.5) is 0 Å². The van der Waals surface area contributed by atoms with Crippen molar-refractivity contribution in [3.63, 3.8) is 0 Å². The minimum atomic E-state index is 0.133. The van der Waals surface area contributed by atoms with Crippen molar-refractivity contribution in [3.8, 4) is 11.3 Å². The van der Waals surface area contributed by atoms with Crippen LogP contribution in [0.3, 0.4) is 0 Å². The van der Waals surface area contributed by atoms with E-state index in [1.807, 2.05) is 25.1 Å². The van der Waals surface area contributed by atoms with Crippen LogP contribution in [0.2, 0.25) is 0 Å². The van der Waals surface area contributed by atoms with Gasteiger partial charge >= 0.3 is 0 Å². The van der Waals surface area contributed by atoms with Crippen molar-refractivity contribution in [2.24, 2.45) is 0 Å². The lowest BCUT2D eigenvalue weighted by atomic mass is 9.86. The summed E-state index contributed by atoms with van der Waals surface area (Å²) in [5.41, 5.74) is 4.00. The smallest absolute Gasteiger partial charge is 0.193 e. The fraction of sp³-hybridized carbons (Fsp3) is 0.312. The molecule has 0 aliphatic rings. The zero-order valence-corrected chi connectivity index (χ0v) is 11.8. The van der Waals surface area contributed by atoms with Crippen molar-refractivity contribution in [1.29, 1.82) is 0 Å². The fourth-order valence-electron chi connectivity index (χ4n) is 1.93. The highest BCUT2D eigenvalue weighted by Gasteiger charge is 2.13. The molecule has 0 unspecified atom stereocenters. The molecule has 98 valence electrons. The lowest BCUT2D eigenvalue weighted by Gasteiger charge is -2.19. The maximum Gasteiger partial charge on any atom is 0.193 e. The number of nitrogens with zero attached hydrogens (tertiary/aromatic N) is 2. The normalized spacial score (nSPS) is 11.4. The lowest BCUT2D eigenvalue weighted by molar-refractivity contribution is 0.111. The molecule has 0 aliphatic heterocycles. The Morgan fingerprint density at radius 3 is 2.21 bits per heavy atom. The molecule has 1 aromatic carbocycles. The summed E-state index contributed by atoms with van der Waals surface area (Å²) in [6, 6.07) is 10.2. The van der Waals surface area contributed by atoms with E-state index < -0.39 is 0 Å². The molecule has 0 spiro atoms. The molecule has 3 nitrogen and oxygen atoms in total. The quantitative estimate of drug-likeness (QED) is 0.769. The highest BCUT2D eigenvalue weighted by molar-refractivity contribution is 5.71. The van der Waals surface area contributed by atoms with Crippen molar-refractivity contribution in [2.75, 3.05) is 0 Å². The molecule has 1 heterocycles. The second kappa shape index (κ2) is 4.92. The van der Waals surface area contributed by atoms with Crippen molar-refractivity contribution >= 4 is 6.29 Å². The maximum absolute atomic E-state index is 10.8. The molecule has 0 bridgehead atoms. The van der Waals surface area contributed by atoms with E-state index >= 15 is 0 Å². The highest BCUT2D eigenvalue weighted by atomic mass is 16.1. The molecule has 0 fully saturated rings. The third-order valence-corrected chi connectivity index (χ3v) is 3.02. The largest absolute Gasteiger partial charge is 0.294 e. The lowest BCUT2D eigenvalue weighted by Crippen LogP contribution is -2.10. The number of benzene rings is 1. The third-order valence-electron chi connectivity index (χ3n) is 3.02. The van der Waals surface area contributed by atoms with Crippen LogP contribution in [0.15, 0.2) is 30.3 Å². The number of hydrogen-bond acceptors (Lipinski definition) is 3. The maximum atomic E-state index is 10.8. The van der Waals surface area contributed by atoms with Crippen molar-refractivity contribution in [2.45, 2.75) is 33.1 Å². The Balaban J connectivity index is 2.42. The summed E-state index contributed by atoms with van der Waals surface area (Å²) in [6.45, 7) is 8.41. The van der Waals surface area contributed by atoms with E-state index in [1.165, 1.54) is 5.56 Å². The standard InChI is InChI=1S/C16H18N2O/c1-11-9-14(18-15(10-19)17-11)12-5-7-13(8-6-12)16(2,3)4/h5-10H,1-4H3. The van der Waals surface area contributed by atoms with Crippen LogP contribution < -0.4 is 0 Å². The van der Waals surface area contributed by atoms with E-state index in [-0.39, 0.29) is 11.2 Å². The second-order valence-corrected chi connectivity index (χ2v) is 5.70. The zero-order valence-electron chi connectivity index (χ0n) is 11.8. The zero-order chi connectivity index (χ0) is 14.0. The van der Waals surface area contributed by atoms with Crippen molar-refractivity contribution in [1.82, 2.24) is 9.97 Å². The van der Waals surface area contributed by atoms with Gasteiger partial charge in [0.15, 0.2) is 12.1 Å². The van der Waals surface area contributed by atoms with Crippen LogP contribution in [0.25, 0.3) is 11.3 Å². The minimum Gasteiger partial charge on any atom is -0.294 e. The topological polar surface area (TPSA) is 42.9 Å². The monoisotopic (exact) mass is 254 g/mol. The molecular weight excluding hydrogens is 236 g/mol. The summed E-state index contributed by atoms with van der Waals surface area (Å²) < 4.78 is 0. The summed E-state index contributed by atoms with van der Waals surface area (Å²) in [5.74, 6) is 0.231. The summed E-state index contributed by atoms with van der Waals surface area (Å²) in [5, 5.41) is 0. The summed E-state index contributed by atoms with van der Waals surface area (Å²) in [6.07, 6.45) is 0.681. The van der Waals surface area contributed by atoms with Gasteiger partial charge in [0, 0.05) is 11.3 Å². The first-order chi connectivity index (χ1) is 8.90. The van der Waals surface area contributed by atoms with E-state index in [0.29, 0.717) is 6.29 Å². The number of carbonyl (C=O) groups excluding carboxylic acids is 1. The number of aryl methyl sites for hydroxylation is 1. The Labute approximate surface area is 113 Å². The molecule has 0 N–H and O–H groups in total. The van der Waals surface area contributed by atoms with Gasteiger partial charge in [0.2, 0.25) is 0 Å². The van der Waals surface area contributed by atoms with Crippen molar-refractivity contribution in [3.05, 3.63) is 47.4 Å². The van der Waals surface area contributed by atoms with E-state index in [2.05, 4.69) is 42.9 Å². The highest BCUT2D eigenvalue weighted by Crippen LogP contribution is 2.25. The molecule has 2 aromatic rings. The Hall–Kier alpha value is -2.03. The molecule has 0 aliphatic carbocycles. The molecule has 0 saturated heterocycles. The van der Waals surface area contributed by atoms with Crippen LogP contribution in [0, 0.1) is 6.92 Å². The van der Waals surface area contributed by atoms with Crippen LogP contribution in [0.5, 0.6) is 0 Å². The fourth-order valence-corrected chi connectivity index (χ4v) is 1.93. The Morgan fingerprint density at radius 1 is 1.05 bits per heavy atom. The molecule has 3 heteroatoms. The molecule has 19 heavy (non-hydrogen) atoms. The van der Waals surface area contributed by atoms with Gasteiger partial charge in [-0.1, -0.05) is 45.0 Å². The minimum absolute atomic E-state index is 0.133. The van der Waals surface area contributed by atoms with E-state index in [4.69, 9.17) is 0 Å². The second-order valence-electron chi connectivity index (χ2n) is 5.70.